The molecule has 1 heteroatoms. The van der Waals surface area contributed by atoms with Crippen LogP contribution in [0.2, 0.25) is 0 Å². The molecule has 0 aromatic heterocycles. The van der Waals surface area contributed by atoms with E-state index in [1.807, 2.05) is 0 Å². The average Bonchev–Trinajstić information content (AvgIpc) is 3.84. The number of nitrogens with zero attached hydrogens (tertiary/aromatic N) is 1. The Morgan fingerprint density at radius 2 is 0.667 bits per heavy atom. The van der Waals surface area contributed by atoms with E-state index < -0.39 is 10.8 Å². The minimum Gasteiger partial charge on any atom is -0.310 e. The topological polar surface area (TPSA) is 3.24 Å². The third-order valence-electron chi connectivity index (χ3n) is 15.3. The van der Waals surface area contributed by atoms with Gasteiger partial charge in [0, 0.05) is 17.1 Å². The van der Waals surface area contributed by atoms with E-state index in [0.29, 0.717) is 0 Å². The number of rotatable bonds is 7. The Balaban J connectivity index is 1.12. The molecule has 0 bridgehead atoms. The maximum atomic E-state index is 2.51. The summed E-state index contributed by atoms with van der Waals surface area (Å²) in [4.78, 5) is 2.48. The third kappa shape index (κ3) is 6.58. The summed E-state index contributed by atoms with van der Waals surface area (Å²) in [6, 6.07) is 89.7. The lowest BCUT2D eigenvalue weighted by Gasteiger charge is -2.36. The summed E-state index contributed by atoms with van der Waals surface area (Å²) in [7, 11) is 0. The summed E-state index contributed by atoms with van der Waals surface area (Å²) in [6.07, 6.45) is 0. The van der Waals surface area contributed by atoms with Crippen molar-refractivity contribution in [3.63, 3.8) is 0 Å². The van der Waals surface area contributed by atoms with Gasteiger partial charge in [-0.2, -0.15) is 0 Å². The van der Waals surface area contributed by atoms with Crippen molar-refractivity contribution in [2.24, 2.45) is 0 Å². The van der Waals surface area contributed by atoms with Crippen molar-refractivity contribution in [1.29, 1.82) is 0 Å². The Labute approximate surface area is 408 Å². The summed E-state index contributed by atoms with van der Waals surface area (Å²) in [5, 5.41) is 2.48. The van der Waals surface area contributed by atoms with E-state index in [-0.39, 0.29) is 10.8 Å². The summed E-state index contributed by atoms with van der Waals surface area (Å²) >= 11 is 0. The highest BCUT2D eigenvalue weighted by Gasteiger charge is 2.48. The van der Waals surface area contributed by atoms with Gasteiger partial charge in [0.05, 0.1) is 10.8 Å². The van der Waals surface area contributed by atoms with E-state index in [1.165, 1.54) is 88.7 Å². The van der Waals surface area contributed by atoms with Crippen LogP contribution in [-0.2, 0) is 21.7 Å². The molecule has 334 valence electrons. The van der Waals surface area contributed by atoms with E-state index in [0.717, 1.165) is 17.1 Å². The molecule has 0 fully saturated rings. The molecule has 10 aromatic rings. The molecule has 2 aliphatic rings. The van der Waals surface area contributed by atoms with Gasteiger partial charge in [-0.3, -0.25) is 0 Å². The fourth-order valence-corrected chi connectivity index (χ4v) is 12.0. The molecule has 0 saturated carbocycles. The third-order valence-corrected chi connectivity index (χ3v) is 15.3. The lowest BCUT2D eigenvalue weighted by atomic mass is 9.67. The predicted molar refractivity (Wildman–Crippen MR) is 291 cm³/mol. The van der Waals surface area contributed by atoms with Crippen LogP contribution in [0.5, 0.6) is 0 Å². The van der Waals surface area contributed by atoms with Crippen LogP contribution in [0.1, 0.15) is 97.2 Å². The minimum atomic E-state index is -0.591. The van der Waals surface area contributed by atoms with Crippen LogP contribution in [0.3, 0.4) is 0 Å². The molecule has 0 saturated heterocycles. The second-order valence-electron chi connectivity index (χ2n) is 21.3. The molecular formula is C68H57N. The summed E-state index contributed by atoms with van der Waals surface area (Å²) in [5.74, 6) is 0. The lowest BCUT2D eigenvalue weighted by Crippen LogP contribution is -2.29. The first-order chi connectivity index (χ1) is 33.5. The zero-order valence-corrected chi connectivity index (χ0v) is 40.5. The summed E-state index contributed by atoms with van der Waals surface area (Å²) in [5.41, 5.74) is 20.2. The van der Waals surface area contributed by atoms with Crippen LogP contribution in [0.4, 0.5) is 17.1 Å². The maximum Gasteiger partial charge on any atom is 0.0714 e. The summed E-state index contributed by atoms with van der Waals surface area (Å²) in [6.45, 7) is 13.8. The zero-order valence-electron chi connectivity index (χ0n) is 40.5. The van der Waals surface area contributed by atoms with Crippen molar-refractivity contribution in [2.75, 3.05) is 4.90 Å². The monoisotopic (exact) mass is 887 g/mol. The highest BCUT2D eigenvalue weighted by atomic mass is 15.1. The molecule has 0 heterocycles. The van der Waals surface area contributed by atoms with Crippen molar-refractivity contribution < 1.29 is 0 Å². The van der Waals surface area contributed by atoms with Gasteiger partial charge in [-0.15, -0.1) is 0 Å². The predicted octanol–water partition coefficient (Wildman–Crippen LogP) is 17.6. The van der Waals surface area contributed by atoms with Gasteiger partial charge < -0.3 is 4.90 Å². The molecule has 2 atom stereocenters. The van der Waals surface area contributed by atoms with Gasteiger partial charge in [0.1, 0.15) is 0 Å². The highest BCUT2D eigenvalue weighted by Crippen LogP contribution is 2.60. The Kier molecular flexibility index (Phi) is 9.84. The molecule has 12 rings (SSSR count). The Morgan fingerprint density at radius 1 is 0.275 bits per heavy atom. The van der Waals surface area contributed by atoms with Gasteiger partial charge in [0.15, 0.2) is 0 Å². The largest absolute Gasteiger partial charge is 0.310 e. The smallest absolute Gasteiger partial charge is 0.0714 e. The van der Waals surface area contributed by atoms with Crippen molar-refractivity contribution in [3.8, 4) is 22.3 Å². The lowest BCUT2D eigenvalue weighted by molar-refractivity contribution is 0.589. The standard InChI is InChI=1S/C68H57N/c1-65(2,3)48-31-35-51(36-32-48)67(50-21-9-7-10-22-50)61-27-17-15-25-57(61)59-41-39-55(44-63(59)67)69(54-23-11-8-12-24-54)56-40-42-60-58-26-16-18-28-62(58)68(64(60)45-56,52-37-33-49(34-38-52)66(4,5)6)53-30-29-46-19-13-14-20-47(46)43-53/h7-45H,1-6H3. The van der Waals surface area contributed by atoms with Crippen molar-refractivity contribution in [3.05, 3.63) is 292 Å². The van der Waals surface area contributed by atoms with Gasteiger partial charge >= 0.3 is 0 Å². The van der Waals surface area contributed by atoms with Gasteiger partial charge in [-0.1, -0.05) is 236 Å². The van der Waals surface area contributed by atoms with Crippen LogP contribution in [0.25, 0.3) is 33.0 Å². The number of benzene rings is 10. The van der Waals surface area contributed by atoms with E-state index in [9.17, 15) is 0 Å². The quantitative estimate of drug-likeness (QED) is 0.154. The number of anilines is 3. The van der Waals surface area contributed by atoms with Gasteiger partial charge in [0.25, 0.3) is 0 Å². The van der Waals surface area contributed by atoms with Gasteiger partial charge in [-0.05, 0) is 142 Å². The molecule has 0 N–H and O–H groups in total. The van der Waals surface area contributed by atoms with E-state index >= 15 is 0 Å². The molecule has 69 heavy (non-hydrogen) atoms. The summed E-state index contributed by atoms with van der Waals surface area (Å²) < 4.78 is 0. The van der Waals surface area contributed by atoms with Gasteiger partial charge in [-0.25, -0.2) is 0 Å². The van der Waals surface area contributed by atoms with E-state index in [2.05, 4.69) is 283 Å². The fourth-order valence-electron chi connectivity index (χ4n) is 12.0. The second kappa shape index (κ2) is 15.9. The Morgan fingerprint density at radius 3 is 1.17 bits per heavy atom. The SMILES string of the molecule is CC(C)(C)c1ccc(C2(c3ccccc3)c3ccccc3-c3ccc(N(c4ccccc4)c4ccc5c(c4)C(c4ccc(C(C)(C)C)cc4)(c4ccc6ccccc6c4)c4ccccc4-5)cc32)cc1. The van der Waals surface area contributed by atoms with Crippen LogP contribution in [-0.4, -0.2) is 0 Å². The zero-order chi connectivity index (χ0) is 47.1. The molecule has 0 radical (unpaired) electrons. The Bertz CT molecular complexity index is 3550. The Hall–Kier alpha value is -7.74. The van der Waals surface area contributed by atoms with Crippen LogP contribution in [0.15, 0.2) is 237 Å². The number of hydrogen-bond acceptors (Lipinski definition) is 1. The van der Waals surface area contributed by atoms with Crippen molar-refractivity contribution in [1.82, 2.24) is 0 Å². The molecule has 0 amide bonds. The van der Waals surface area contributed by atoms with E-state index in [4.69, 9.17) is 0 Å². The molecule has 0 aliphatic heterocycles. The first kappa shape index (κ1) is 42.6. The minimum absolute atomic E-state index is 0.0225. The van der Waals surface area contributed by atoms with Crippen LogP contribution < -0.4 is 4.90 Å². The molecule has 2 aliphatic carbocycles. The first-order valence-corrected chi connectivity index (χ1v) is 24.6. The molecular weight excluding hydrogens is 831 g/mol. The molecule has 1 nitrogen and oxygen atoms in total. The first-order valence-electron chi connectivity index (χ1n) is 24.6. The second-order valence-corrected chi connectivity index (χ2v) is 21.3. The van der Waals surface area contributed by atoms with E-state index in [1.54, 1.807) is 0 Å². The molecule has 10 aromatic carbocycles. The van der Waals surface area contributed by atoms with Crippen molar-refractivity contribution >= 4 is 27.8 Å². The number of hydrogen-bond donors (Lipinski definition) is 0. The molecule has 2 unspecified atom stereocenters. The molecule has 0 spiro atoms. The number of fused-ring (bicyclic) bond motifs is 7. The van der Waals surface area contributed by atoms with Crippen molar-refractivity contribution in [2.45, 2.75) is 63.2 Å². The normalized spacial score (nSPS) is 17.0. The highest BCUT2D eigenvalue weighted by molar-refractivity contribution is 5.93. The number of para-hydroxylation sites is 1. The van der Waals surface area contributed by atoms with Crippen LogP contribution >= 0.6 is 0 Å². The van der Waals surface area contributed by atoms with Crippen LogP contribution in [0, 0.1) is 0 Å². The average molecular weight is 888 g/mol. The maximum absolute atomic E-state index is 2.51. The van der Waals surface area contributed by atoms with Gasteiger partial charge in [0.2, 0.25) is 0 Å². The fraction of sp³-hybridized carbons (Fsp3) is 0.147.